The molecule has 0 bridgehead atoms. The molecule has 3 aromatic heterocycles. The number of aryl methyl sites for hydroxylation is 2. The Morgan fingerprint density at radius 3 is 2.74 bits per heavy atom. The molecule has 0 N–H and O–H groups in total. The number of fused-ring (bicyclic) bond motifs is 1. The normalized spacial score (nSPS) is 12.1. The van der Waals surface area contributed by atoms with Gasteiger partial charge in [-0.1, -0.05) is 0 Å². The summed E-state index contributed by atoms with van der Waals surface area (Å²) in [5.41, 5.74) is 1.54. The fraction of sp³-hybridized carbons (Fsp3) is 0.286. The number of imidazole rings is 1. The van der Waals surface area contributed by atoms with E-state index in [1.54, 1.807) is 16.7 Å². The number of aromatic nitrogens is 6. The topological polar surface area (TPSA) is 60.9 Å². The van der Waals surface area contributed by atoms with E-state index in [0.29, 0.717) is 21.9 Å². The molecule has 0 aromatic carbocycles. The maximum Gasteiger partial charge on any atom is 0.256 e. The van der Waals surface area contributed by atoms with Crippen LogP contribution in [0.1, 0.15) is 23.2 Å². The van der Waals surface area contributed by atoms with Gasteiger partial charge in [-0.25, -0.2) is 23.7 Å². The minimum absolute atomic E-state index is 0.405. The zero-order chi connectivity index (χ0) is 16.6. The number of rotatable bonds is 4. The summed E-state index contributed by atoms with van der Waals surface area (Å²) in [4.78, 5) is 12.8. The maximum atomic E-state index is 12.6. The highest BCUT2D eigenvalue weighted by Gasteiger charge is 2.10. The van der Waals surface area contributed by atoms with Crippen molar-refractivity contribution in [3.8, 4) is 0 Å². The van der Waals surface area contributed by atoms with E-state index in [2.05, 4.69) is 36.0 Å². The van der Waals surface area contributed by atoms with E-state index in [4.69, 9.17) is 0 Å². The van der Waals surface area contributed by atoms with Crippen molar-refractivity contribution in [3.63, 3.8) is 0 Å². The second-order valence-corrected chi connectivity index (χ2v) is 5.80. The smallest absolute Gasteiger partial charge is 0.256 e. The zero-order valence-corrected chi connectivity index (χ0v) is 14.0. The summed E-state index contributed by atoms with van der Waals surface area (Å²) in [5.74, 6) is 1.60. The highest BCUT2D eigenvalue weighted by atomic mass is 79.9. The van der Waals surface area contributed by atoms with Gasteiger partial charge in [-0.15, -0.1) is 5.10 Å². The first-order valence-corrected chi connectivity index (χ1v) is 7.61. The fourth-order valence-corrected chi connectivity index (χ4v) is 2.67. The second-order valence-electron chi connectivity index (χ2n) is 4.98. The fourth-order valence-electron chi connectivity index (χ4n) is 2.24. The van der Waals surface area contributed by atoms with Gasteiger partial charge in [-0.3, -0.25) is 0 Å². The van der Waals surface area contributed by atoms with Gasteiger partial charge in [0.1, 0.15) is 16.3 Å². The summed E-state index contributed by atoms with van der Waals surface area (Å²) >= 11 is 3.19. The summed E-state index contributed by atoms with van der Waals surface area (Å²) in [6.45, 7) is 3.31. The molecule has 3 rings (SSSR count). The molecular weight excluding hydrogens is 370 g/mol. The van der Waals surface area contributed by atoms with Gasteiger partial charge in [-0.05, 0) is 41.9 Å². The first-order chi connectivity index (χ1) is 10.9. The van der Waals surface area contributed by atoms with Crippen LogP contribution < -0.4 is 0 Å². The van der Waals surface area contributed by atoms with E-state index in [-0.39, 0.29) is 0 Å². The lowest BCUT2D eigenvalue weighted by atomic mass is 10.4. The molecule has 3 aromatic rings. The zero-order valence-electron chi connectivity index (χ0n) is 12.4. The van der Waals surface area contributed by atoms with Gasteiger partial charge in [0.25, 0.3) is 6.43 Å². The molecule has 0 saturated carbocycles. The van der Waals surface area contributed by atoms with Gasteiger partial charge in [0.2, 0.25) is 0 Å². The van der Waals surface area contributed by atoms with Crippen LogP contribution >= 0.6 is 15.9 Å². The van der Waals surface area contributed by atoms with Crippen LogP contribution in [0, 0.1) is 13.8 Å². The van der Waals surface area contributed by atoms with Crippen LogP contribution in [0.2, 0.25) is 0 Å². The third-order valence-corrected chi connectivity index (χ3v) is 3.51. The van der Waals surface area contributed by atoms with E-state index in [9.17, 15) is 8.78 Å². The average molecular weight is 383 g/mol. The highest BCUT2D eigenvalue weighted by Crippen LogP contribution is 2.14. The maximum absolute atomic E-state index is 12.6. The monoisotopic (exact) mass is 382 g/mol. The highest BCUT2D eigenvalue weighted by molar-refractivity contribution is 9.10. The minimum Gasteiger partial charge on any atom is -0.325 e. The summed E-state index contributed by atoms with van der Waals surface area (Å²) in [6.07, 6.45) is 2.31. The van der Waals surface area contributed by atoms with Gasteiger partial charge < -0.3 is 4.57 Å². The van der Waals surface area contributed by atoms with Gasteiger partial charge >= 0.3 is 0 Å². The molecule has 9 heteroatoms. The van der Waals surface area contributed by atoms with E-state index in [1.165, 1.54) is 10.8 Å². The number of nitrogens with zero attached hydrogens (tertiary/aromatic N) is 6. The van der Waals surface area contributed by atoms with Crippen molar-refractivity contribution in [1.82, 2.24) is 29.1 Å². The van der Waals surface area contributed by atoms with Crippen molar-refractivity contribution in [2.24, 2.45) is 0 Å². The molecule has 0 saturated heterocycles. The molecule has 0 radical (unpaired) electrons. The van der Waals surface area contributed by atoms with Gasteiger partial charge in [0, 0.05) is 18.0 Å². The Kier molecular flexibility index (Phi) is 4.20. The molecule has 0 fully saturated rings. The number of halogens is 3. The van der Waals surface area contributed by atoms with Gasteiger partial charge in [0.15, 0.2) is 11.5 Å². The van der Waals surface area contributed by atoms with E-state index >= 15 is 0 Å². The lowest BCUT2D eigenvalue weighted by Crippen LogP contribution is -2.07. The van der Waals surface area contributed by atoms with Crippen molar-refractivity contribution < 1.29 is 8.78 Å². The van der Waals surface area contributed by atoms with Crippen molar-refractivity contribution in [3.05, 3.63) is 40.0 Å². The molecule has 0 atom stereocenters. The number of hydrogen-bond acceptors (Lipinski definition) is 4. The second kappa shape index (κ2) is 6.15. The van der Waals surface area contributed by atoms with Gasteiger partial charge in [-0.2, -0.15) is 4.52 Å². The summed E-state index contributed by atoms with van der Waals surface area (Å²) in [6, 6.07) is 1.83. The molecule has 6 nitrogen and oxygen atoms in total. The Balaban J connectivity index is 1.93. The van der Waals surface area contributed by atoms with Gasteiger partial charge in [0.05, 0.1) is 6.54 Å². The summed E-state index contributed by atoms with van der Waals surface area (Å²) in [7, 11) is 0. The molecule has 0 aliphatic rings. The molecule has 120 valence electrons. The lowest BCUT2D eigenvalue weighted by molar-refractivity contribution is 0.126. The standard InChI is InChI=1S/C14H13BrF2N6/c1-8-5-14-20-12(21-23(14)9(2)18-8)3-4-13-19-10(15)6-22(13)7-11(16)17/h3-6,11H,7H2,1-2H3/b4-3+. The Morgan fingerprint density at radius 2 is 2.00 bits per heavy atom. The largest absolute Gasteiger partial charge is 0.325 e. The first-order valence-electron chi connectivity index (χ1n) is 6.82. The summed E-state index contributed by atoms with van der Waals surface area (Å²) in [5, 5.41) is 4.33. The third kappa shape index (κ3) is 3.44. The predicted octanol–water partition coefficient (Wildman–Crippen LogP) is 3.14. The van der Waals surface area contributed by atoms with Crippen molar-refractivity contribution in [2.75, 3.05) is 0 Å². The van der Waals surface area contributed by atoms with Crippen LogP contribution in [0.3, 0.4) is 0 Å². The van der Waals surface area contributed by atoms with Crippen molar-refractivity contribution >= 4 is 33.7 Å². The third-order valence-electron chi connectivity index (χ3n) is 3.13. The van der Waals surface area contributed by atoms with Crippen molar-refractivity contribution in [2.45, 2.75) is 26.8 Å². The lowest BCUT2D eigenvalue weighted by Gasteiger charge is -2.02. The molecule has 3 heterocycles. The minimum atomic E-state index is -2.45. The molecular formula is C14H13BrF2N6. The van der Waals surface area contributed by atoms with Crippen LogP contribution in [0.5, 0.6) is 0 Å². The Hall–Kier alpha value is -2.16. The van der Waals surface area contributed by atoms with Crippen LogP contribution in [0.4, 0.5) is 8.78 Å². The van der Waals surface area contributed by atoms with E-state index < -0.39 is 13.0 Å². The molecule has 0 aliphatic carbocycles. The average Bonchev–Trinajstić information content (AvgIpc) is 2.99. The SMILES string of the molecule is Cc1cc2nc(/C=C/c3nc(Br)cn3CC(F)F)nn2c(C)n1. The summed E-state index contributed by atoms with van der Waals surface area (Å²) < 4.78 is 28.6. The number of hydrogen-bond donors (Lipinski definition) is 0. The Labute approximate surface area is 139 Å². The van der Waals surface area contributed by atoms with E-state index in [1.807, 2.05) is 19.9 Å². The molecule has 0 spiro atoms. The quantitative estimate of drug-likeness (QED) is 0.695. The van der Waals surface area contributed by atoms with E-state index in [0.717, 1.165) is 11.5 Å². The van der Waals surface area contributed by atoms with Crippen LogP contribution in [-0.2, 0) is 6.54 Å². The number of alkyl halides is 2. The Morgan fingerprint density at radius 1 is 1.22 bits per heavy atom. The van der Waals surface area contributed by atoms with Crippen molar-refractivity contribution in [1.29, 1.82) is 0 Å². The molecule has 0 aliphatic heterocycles. The van der Waals surface area contributed by atoms with Crippen LogP contribution in [0.25, 0.3) is 17.8 Å². The molecule has 0 unspecified atom stereocenters. The van der Waals surface area contributed by atoms with Crippen LogP contribution in [0.15, 0.2) is 16.9 Å². The Bertz CT molecular complexity index is 883. The molecule has 0 amide bonds. The predicted molar refractivity (Wildman–Crippen MR) is 85.1 cm³/mol. The molecule has 23 heavy (non-hydrogen) atoms. The van der Waals surface area contributed by atoms with Crippen LogP contribution in [-0.4, -0.2) is 35.6 Å². The first kappa shape index (κ1) is 15.7.